The van der Waals surface area contributed by atoms with Crippen molar-refractivity contribution < 1.29 is 24.1 Å². The smallest absolute Gasteiger partial charge is 0.255 e. The number of benzene rings is 2. The van der Waals surface area contributed by atoms with E-state index in [1.165, 1.54) is 0 Å². The van der Waals surface area contributed by atoms with Gasteiger partial charge in [0.05, 0.1) is 37.2 Å². The molecule has 1 amide bonds. The maximum atomic E-state index is 12.8. The van der Waals surface area contributed by atoms with E-state index in [9.17, 15) is 9.90 Å². The third kappa shape index (κ3) is 7.09. The van der Waals surface area contributed by atoms with Gasteiger partial charge in [-0.25, -0.2) is 0 Å². The highest BCUT2D eigenvalue weighted by Crippen LogP contribution is 2.39. The Labute approximate surface area is 238 Å². The fourth-order valence-corrected chi connectivity index (χ4v) is 6.43. The summed E-state index contributed by atoms with van der Waals surface area (Å²) in [6.45, 7) is 6.57. The number of para-hydroxylation sites is 3. The van der Waals surface area contributed by atoms with E-state index in [2.05, 4.69) is 21.2 Å². The summed E-state index contributed by atoms with van der Waals surface area (Å²) < 4.78 is 17.7. The number of β-amino-alcohol motifs (C(OH)–C–C–N with tert-alkyl or cyclic N) is 1. The van der Waals surface area contributed by atoms with Gasteiger partial charge in [0, 0.05) is 38.2 Å². The average Bonchev–Trinajstić information content (AvgIpc) is 2.98. The number of carbonyl (C=O) groups excluding carboxylic acids is 1. The number of rotatable bonds is 4. The molecule has 3 aliphatic rings. The molecule has 218 valence electrons. The van der Waals surface area contributed by atoms with Gasteiger partial charge in [0.15, 0.2) is 0 Å². The fraction of sp³-hybridized carbons (Fsp3) is 0.594. The summed E-state index contributed by atoms with van der Waals surface area (Å²) in [7, 11) is 1.71. The number of amides is 1. The minimum atomic E-state index is -0.674. The molecule has 8 heteroatoms. The van der Waals surface area contributed by atoms with Gasteiger partial charge in [-0.1, -0.05) is 30.7 Å². The van der Waals surface area contributed by atoms with Crippen LogP contribution in [0.5, 0.6) is 11.5 Å². The maximum Gasteiger partial charge on any atom is 0.255 e. The Morgan fingerprint density at radius 1 is 0.925 bits per heavy atom. The van der Waals surface area contributed by atoms with Crippen LogP contribution in [0, 0.1) is 5.41 Å². The normalized spacial score (nSPS) is 22.4. The van der Waals surface area contributed by atoms with Crippen molar-refractivity contribution in [1.29, 1.82) is 0 Å². The van der Waals surface area contributed by atoms with Crippen LogP contribution in [0.1, 0.15) is 55.3 Å². The molecule has 3 aliphatic heterocycles. The Balaban J connectivity index is 1.19. The summed E-state index contributed by atoms with van der Waals surface area (Å²) in [5.74, 6) is 1.41. The van der Waals surface area contributed by atoms with Crippen molar-refractivity contribution in [2.24, 2.45) is 5.41 Å². The van der Waals surface area contributed by atoms with Gasteiger partial charge in [0.2, 0.25) is 0 Å². The molecule has 0 aliphatic carbocycles. The first-order chi connectivity index (χ1) is 19.5. The molecular formula is C32H45N3O5. The van der Waals surface area contributed by atoms with E-state index in [0.29, 0.717) is 44.2 Å². The third-order valence-corrected chi connectivity index (χ3v) is 9.00. The minimum Gasteiger partial charge on any atom is -0.495 e. The van der Waals surface area contributed by atoms with Gasteiger partial charge in [0.25, 0.3) is 5.91 Å². The molecule has 3 heterocycles. The molecule has 5 rings (SSSR count). The number of piperidine rings is 2. The number of hydrogen-bond acceptors (Lipinski definition) is 7. The molecule has 0 unspecified atom stereocenters. The number of aliphatic hydroxyl groups is 1. The van der Waals surface area contributed by atoms with Gasteiger partial charge in [0.1, 0.15) is 11.5 Å². The zero-order valence-electron chi connectivity index (χ0n) is 23.9. The molecule has 0 saturated carbocycles. The van der Waals surface area contributed by atoms with Crippen molar-refractivity contribution in [2.45, 2.75) is 50.5 Å². The summed E-state index contributed by atoms with van der Waals surface area (Å²) in [4.78, 5) is 17.5. The van der Waals surface area contributed by atoms with E-state index in [0.717, 1.165) is 82.6 Å². The lowest BCUT2D eigenvalue weighted by atomic mass is 9.74. The molecule has 2 aromatic carbocycles. The first-order valence-corrected chi connectivity index (χ1v) is 14.9. The number of hydrogen-bond donors (Lipinski definition) is 2. The van der Waals surface area contributed by atoms with Gasteiger partial charge in [-0.3, -0.25) is 4.79 Å². The zero-order valence-corrected chi connectivity index (χ0v) is 23.9. The van der Waals surface area contributed by atoms with Gasteiger partial charge in [-0.2, -0.15) is 0 Å². The van der Waals surface area contributed by atoms with Crippen LogP contribution in [0.2, 0.25) is 0 Å². The van der Waals surface area contributed by atoms with Crippen LogP contribution in [-0.4, -0.2) is 87.7 Å². The van der Waals surface area contributed by atoms with Gasteiger partial charge in [-0.05, 0) is 75.9 Å². The van der Waals surface area contributed by atoms with Crippen LogP contribution in [0.4, 0.5) is 5.69 Å². The molecule has 2 N–H and O–H groups in total. The predicted octanol–water partition coefficient (Wildman–Crippen LogP) is 4.12. The van der Waals surface area contributed by atoms with Crippen molar-refractivity contribution in [2.75, 3.05) is 71.1 Å². The Morgan fingerprint density at radius 2 is 1.68 bits per heavy atom. The zero-order chi connectivity index (χ0) is 27.8. The molecule has 1 spiro atoms. The lowest BCUT2D eigenvalue weighted by molar-refractivity contribution is -0.0380. The quantitative estimate of drug-likeness (QED) is 0.592. The molecule has 0 bridgehead atoms. The van der Waals surface area contributed by atoms with Crippen molar-refractivity contribution in [3.63, 3.8) is 0 Å². The van der Waals surface area contributed by atoms with Gasteiger partial charge < -0.3 is 34.4 Å². The maximum absolute atomic E-state index is 12.8. The molecular weight excluding hydrogens is 506 g/mol. The van der Waals surface area contributed by atoms with Gasteiger partial charge in [-0.15, -0.1) is 0 Å². The summed E-state index contributed by atoms with van der Waals surface area (Å²) in [5, 5.41) is 14.5. The SMILES string of the molecule is COc1ccccc1N1CCC(O)(CN2CCC3(CCCCOCCNC(=O)c4ccccc4OC3)CC2)CC1. The second kappa shape index (κ2) is 13.2. The molecule has 2 fully saturated rings. The lowest BCUT2D eigenvalue weighted by Gasteiger charge is -2.46. The van der Waals surface area contributed by atoms with Crippen molar-refractivity contribution in [1.82, 2.24) is 10.2 Å². The number of likely N-dealkylation sites (tertiary alicyclic amines) is 1. The third-order valence-electron chi connectivity index (χ3n) is 9.00. The summed E-state index contributed by atoms with van der Waals surface area (Å²) in [6, 6.07) is 15.6. The number of methoxy groups -OCH3 is 1. The van der Waals surface area contributed by atoms with E-state index in [1.54, 1.807) is 7.11 Å². The molecule has 0 radical (unpaired) electrons. The van der Waals surface area contributed by atoms with Crippen LogP contribution in [0.3, 0.4) is 0 Å². The van der Waals surface area contributed by atoms with Crippen LogP contribution in [0.15, 0.2) is 48.5 Å². The second-order valence-electron chi connectivity index (χ2n) is 11.8. The molecule has 2 aromatic rings. The van der Waals surface area contributed by atoms with Crippen LogP contribution < -0.4 is 19.7 Å². The topological polar surface area (TPSA) is 83.5 Å². The second-order valence-corrected chi connectivity index (χ2v) is 11.8. The van der Waals surface area contributed by atoms with Crippen LogP contribution in [-0.2, 0) is 4.74 Å². The molecule has 0 aromatic heterocycles. The Morgan fingerprint density at radius 3 is 2.48 bits per heavy atom. The first-order valence-electron chi connectivity index (χ1n) is 14.9. The largest absolute Gasteiger partial charge is 0.495 e. The van der Waals surface area contributed by atoms with Crippen molar-refractivity contribution in [3.8, 4) is 11.5 Å². The molecule has 40 heavy (non-hydrogen) atoms. The number of nitrogens with one attached hydrogen (secondary N) is 1. The highest BCUT2D eigenvalue weighted by atomic mass is 16.5. The van der Waals surface area contributed by atoms with Crippen LogP contribution >= 0.6 is 0 Å². The summed E-state index contributed by atoms with van der Waals surface area (Å²) in [6.07, 6.45) is 6.72. The van der Waals surface area contributed by atoms with Crippen LogP contribution in [0.25, 0.3) is 0 Å². The van der Waals surface area contributed by atoms with E-state index >= 15 is 0 Å². The van der Waals surface area contributed by atoms with E-state index in [1.807, 2.05) is 42.5 Å². The lowest BCUT2D eigenvalue weighted by Crippen LogP contribution is -2.53. The standard InChI is InChI=1S/C32H45N3O5/c1-38-29-11-5-3-9-27(29)35-20-15-32(37,16-21-35)24-34-18-13-31(14-19-34)12-6-7-22-39-23-17-33-30(36)26-8-2-4-10-28(26)40-25-31/h2-5,8-11,37H,6-7,12-25H2,1H3,(H,33,36). The van der Waals surface area contributed by atoms with Crippen molar-refractivity contribution >= 4 is 11.6 Å². The Kier molecular flexibility index (Phi) is 9.50. The molecule has 2 saturated heterocycles. The molecule has 0 atom stereocenters. The number of fused-ring (bicyclic) bond motifs is 1. The monoisotopic (exact) mass is 551 g/mol. The molecule has 8 nitrogen and oxygen atoms in total. The predicted molar refractivity (Wildman–Crippen MR) is 156 cm³/mol. The average molecular weight is 552 g/mol. The van der Waals surface area contributed by atoms with Gasteiger partial charge >= 0.3 is 0 Å². The van der Waals surface area contributed by atoms with Crippen molar-refractivity contribution in [3.05, 3.63) is 54.1 Å². The summed E-state index contributed by atoms with van der Waals surface area (Å²) >= 11 is 0. The number of nitrogens with zero attached hydrogens (tertiary/aromatic N) is 2. The Hall–Kier alpha value is -2.81. The Bertz CT molecular complexity index is 1110. The number of ether oxygens (including phenoxy) is 3. The highest BCUT2D eigenvalue weighted by molar-refractivity contribution is 5.96. The van der Waals surface area contributed by atoms with E-state index < -0.39 is 5.60 Å². The van der Waals surface area contributed by atoms with E-state index in [-0.39, 0.29) is 11.3 Å². The fourth-order valence-electron chi connectivity index (χ4n) is 6.43. The summed E-state index contributed by atoms with van der Waals surface area (Å²) in [5.41, 5.74) is 1.06. The van der Waals surface area contributed by atoms with E-state index in [4.69, 9.17) is 14.2 Å². The minimum absolute atomic E-state index is 0.0556. The number of anilines is 1. The number of carbonyl (C=O) groups is 1. The highest BCUT2D eigenvalue weighted by Gasteiger charge is 2.39. The first kappa shape index (κ1) is 28.7.